The van der Waals surface area contributed by atoms with Crippen molar-refractivity contribution in [2.24, 2.45) is 5.73 Å². The topological polar surface area (TPSA) is 164 Å². The first-order chi connectivity index (χ1) is 14.7. The first kappa shape index (κ1) is 24.1. The van der Waals surface area contributed by atoms with E-state index in [0.29, 0.717) is 24.3 Å². The van der Waals surface area contributed by atoms with Crippen LogP contribution in [0.2, 0.25) is 0 Å². The van der Waals surface area contributed by atoms with Crippen LogP contribution in [0.4, 0.5) is 4.39 Å². The Morgan fingerprint density at radius 3 is 2.52 bits per heavy atom. The summed E-state index contributed by atoms with van der Waals surface area (Å²) in [7, 11) is -4.21. The SMILES string of the molecule is N=C(N)NOCCCOc1ccc(C[C@H](NS(=O)(=O)c2cccc(F)c2)C(=O)O)cc1. The molecule has 0 amide bonds. The lowest BCUT2D eigenvalue weighted by molar-refractivity contribution is -0.138. The van der Waals surface area contributed by atoms with Crippen molar-refractivity contribution in [3.8, 4) is 5.75 Å². The Bertz CT molecular complexity index is 1000. The van der Waals surface area contributed by atoms with Crippen LogP contribution in [-0.4, -0.2) is 44.7 Å². The van der Waals surface area contributed by atoms with Gasteiger partial charge in [0.1, 0.15) is 17.6 Å². The molecule has 12 heteroatoms. The number of carboxylic acids is 1. The Balaban J connectivity index is 1.91. The molecule has 0 spiro atoms. The van der Waals surface area contributed by atoms with Gasteiger partial charge in [0.2, 0.25) is 16.0 Å². The largest absolute Gasteiger partial charge is 0.494 e. The fourth-order valence-electron chi connectivity index (χ4n) is 2.48. The van der Waals surface area contributed by atoms with Gasteiger partial charge in [-0.1, -0.05) is 18.2 Å². The Labute approximate surface area is 178 Å². The molecule has 0 heterocycles. The number of hydrogen-bond acceptors (Lipinski definition) is 6. The number of aliphatic carboxylic acids is 1. The standard InChI is InChI=1S/C19H23FN4O6S/c20-14-3-1-4-16(12-14)31(27,28)24-17(18(25)26)11-13-5-7-15(8-6-13)29-9-2-10-30-23-19(21)22/h1,3-8,12,17,24H,2,9-11H2,(H,25,26)(H4,21,22,23)/t17-/m0/s1. The number of carboxylic acid groups (broad SMARTS) is 1. The number of carbonyl (C=O) groups is 1. The molecule has 2 rings (SSSR count). The third kappa shape index (κ3) is 8.20. The first-order valence-corrected chi connectivity index (χ1v) is 10.6. The van der Waals surface area contributed by atoms with Crippen LogP contribution in [0.3, 0.4) is 0 Å². The number of ether oxygens (including phenoxy) is 1. The van der Waals surface area contributed by atoms with Gasteiger partial charge in [-0.2, -0.15) is 4.72 Å². The summed E-state index contributed by atoms with van der Waals surface area (Å²) in [6.45, 7) is 0.619. The average Bonchev–Trinajstić information content (AvgIpc) is 2.71. The maximum atomic E-state index is 13.3. The highest BCUT2D eigenvalue weighted by Crippen LogP contribution is 2.16. The van der Waals surface area contributed by atoms with Crippen LogP contribution in [-0.2, 0) is 26.1 Å². The number of benzene rings is 2. The van der Waals surface area contributed by atoms with E-state index in [-0.39, 0.29) is 23.9 Å². The smallest absolute Gasteiger partial charge is 0.322 e. The van der Waals surface area contributed by atoms with Gasteiger partial charge in [-0.25, -0.2) is 18.3 Å². The van der Waals surface area contributed by atoms with Gasteiger partial charge in [-0.05, 0) is 42.3 Å². The van der Waals surface area contributed by atoms with Crippen LogP contribution in [0.25, 0.3) is 0 Å². The lowest BCUT2D eigenvalue weighted by atomic mass is 10.1. The van der Waals surface area contributed by atoms with Crippen molar-refractivity contribution in [3.05, 3.63) is 59.9 Å². The molecular weight excluding hydrogens is 431 g/mol. The normalized spacial score (nSPS) is 12.2. The number of guanidine groups is 1. The minimum absolute atomic E-state index is 0.116. The average molecular weight is 454 g/mol. The molecule has 0 aliphatic carbocycles. The highest BCUT2D eigenvalue weighted by atomic mass is 32.2. The summed E-state index contributed by atoms with van der Waals surface area (Å²) in [4.78, 5) is 16.1. The van der Waals surface area contributed by atoms with Crippen molar-refractivity contribution in [3.63, 3.8) is 0 Å². The molecule has 0 aliphatic heterocycles. The summed E-state index contributed by atoms with van der Waals surface area (Å²) < 4.78 is 45.7. The fraction of sp³-hybridized carbons (Fsp3) is 0.263. The van der Waals surface area contributed by atoms with Gasteiger partial charge in [-0.15, -0.1) is 0 Å². The van der Waals surface area contributed by atoms with E-state index in [1.54, 1.807) is 24.3 Å². The number of sulfonamides is 1. The van der Waals surface area contributed by atoms with Gasteiger partial charge in [0.25, 0.3) is 0 Å². The maximum absolute atomic E-state index is 13.3. The van der Waals surface area contributed by atoms with Gasteiger partial charge >= 0.3 is 5.97 Å². The van der Waals surface area contributed by atoms with Crippen LogP contribution in [0, 0.1) is 11.2 Å². The van der Waals surface area contributed by atoms with Crippen molar-refractivity contribution >= 4 is 22.0 Å². The maximum Gasteiger partial charge on any atom is 0.322 e. The molecule has 31 heavy (non-hydrogen) atoms. The molecule has 2 aromatic rings. The second kappa shape index (κ2) is 11.2. The molecule has 1 atom stereocenters. The van der Waals surface area contributed by atoms with E-state index < -0.39 is 27.9 Å². The van der Waals surface area contributed by atoms with E-state index in [1.165, 1.54) is 12.1 Å². The number of nitrogens with two attached hydrogens (primary N) is 1. The van der Waals surface area contributed by atoms with Crippen molar-refractivity contribution in [1.29, 1.82) is 5.41 Å². The predicted octanol–water partition coefficient (Wildman–Crippen LogP) is 0.983. The molecule has 6 N–H and O–H groups in total. The number of halogens is 1. The minimum atomic E-state index is -4.21. The number of hydroxylamine groups is 1. The van der Waals surface area contributed by atoms with Crippen LogP contribution < -0.4 is 20.7 Å². The molecule has 0 saturated heterocycles. The number of hydrogen-bond donors (Lipinski definition) is 5. The second-order valence-corrected chi connectivity index (χ2v) is 8.10. The van der Waals surface area contributed by atoms with Gasteiger partial charge in [0.15, 0.2) is 0 Å². The Morgan fingerprint density at radius 1 is 1.19 bits per heavy atom. The summed E-state index contributed by atoms with van der Waals surface area (Å²) in [5, 5.41) is 16.3. The van der Waals surface area contributed by atoms with Crippen LogP contribution >= 0.6 is 0 Å². The highest BCUT2D eigenvalue weighted by molar-refractivity contribution is 7.89. The molecule has 2 aromatic carbocycles. The van der Waals surface area contributed by atoms with Crippen molar-refractivity contribution in [2.75, 3.05) is 13.2 Å². The van der Waals surface area contributed by atoms with E-state index in [2.05, 4.69) is 10.2 Å². The molecule has 0 saturated carbocycles. The fourth-order valence-corrected chi connectivity index (χ4v) is 3.70. The molecule has 0 unspecified atom stereocenters. The molecule has 0 radical (unpaired) electrons. The summed E-state index contributed by atoms with van der Waals surface area (Å²) in [6.07, 6.45) is 0.416. The third-order valence-corrected chi connectivity index (χ3v) is 5.38. The van der Waals surface area contributed by atoms with E-state index in [0.717, 1.165) is 12.1 Å². The summed E-state index contributed by atoms with van der Waals surface area (Å²) in [6, 6.07) is 9.37. The second-order valence-electron chi connectivity index (χ2n) is 6.38. The van der Waals surface area contributed by atoms with E-state index in [1.807, 2.05) is 0 Å². The zero-order valence-electron chi connectivity index (χ0n) is 16.4. The molecule has 0 aromatic heterocycles. The lowest BCUT2D eigenvalue weighted by Gasteiger charge is -2.15. The van der Waals surface area contributed by atoms with E-state index >= 15 is 0 Å². The third-order valence-electron chi connectivity index (χ3n) is 3.91. The Hall–Kier alpha value is -3.22. The molecule has 0 aliphatic rings. The quantitative estimate of drug-likeness (QED) is 0.137. The molecule has 168 valence electrons. The van der Waals surface area contributed by atoms with Gasteiger partial charge < -0.3 is 15.6 Å². The zero-order chi connectivity index (χ0) is 22.9. The lowest BCUT2D eigenvalue weighted by Crippen LogP contribution is -2.42. The van der Waals surface area contributed by atoms with Gasteiger partial charge in [-0.3, -0.25) is 15.0 Å². The van der Waals surface area contributed by atoms with Crippen molar-refractivity contribution in [2.45, 2.75) is 23.8 Å². The van der Waals surface area contributed by atoms with Crippen molar-refractivity contribution in [1.82, 2.24) is 10.2 Å². The number of rotatable bonds is 12. The van der Waals surface area contributed by atoms with Crippen LogP contribution in [0.5, 0.6) is 5.75 Å². The van der Waals surface area contributed by atoms with E-state index in [9.17, 15) is 22.7 Å². The molecular formula is C19H23FN4O6S. The monoisotopic (exact) mass is 454 g/mol. The van der Waals surface area contributed by atoms with Gasteiger partial charge in [0, 0.05) is 6.42 Å². The number of nitrogens with one attached hydrogen (secondary N) is 3. The highest BCUT2D eigenvalue weighted by Gasteiger charge is 2.26. The molecule has 0 fully saturated rings. The van der Waals surface area contributed by atoms with Crippen LogP contribution in [0.15, 0.2) is 53.4 Å². The summed E-state index contributed by atoms with van der Waals surface area (Å²) in [5.74, 6) is -1.86. The zero-order valence-corrected chi connectivity index (χ0v) is 17.2. The minimum Gasteiger partial charge on any atom is -0.494 e. The Kier molecular flexibility index (Phi) is 8.73. The van der Waals surface area contributed by atoms with Crippen molar-refractivity contribution < 1.29 is 32.3 Å². The van der Waals surface area contributed by atoms with Gasteiger partial charge in [0.05, 0.1) is 18.1 Å². The summed E-state index contributed by atoms with van der Waals surface area (Å²) >= 11 is 0. The molecule has 10 nitrogen and oxygen atoms in total. The summed E-state index contributed by atoms with van der Waals surface area (Å²) in [5.41, 5.74) is 7.82. The Morgan fingerprint density at radius 2 is 1.90 bits per heavy atom. The predicted molar refractivity (Wildman–Crippen MR) is 109 cm³/mol. The van der Waals surface area contributed by atoms with E-state index in [4.69, 9.17) is 20.7 Å². The molecule has 0 bridgehead atoms. The van der Waals surface area contributed by atoms with Crippen LogP contribution in [0.1, 0.15) is 12.0 Å². The first-order valence-electron chi connectivity index (χ1n) is 9.11.